The molecular formula is C19H26N6O5. The van der Waals surface area contributed by atoms with Crippen molar-refractivity contribution in [1.29, 1.82) is 0 Å². The Bertz CT molecular complexity index is 976. The SMILES string of the molecule is CCCCCC(=O)NC1=NN(C)c2ncnc3c2c1cn3C1O[C@H](CO)[C@@H](O)[C@H]1O. The number of hydrogen-bond acceptors (Lipinski definition) is 9. The molecular weight excluding hydrogens is 392 g/mol. The molecule has 0 saturated carbocycles. The standard InChI is InChI=1S/C19H26N6O5/c1-3-4-5-6-12(27)22-16-10-7-25(19-15(29)14(28)11(8-26)30-19)18-13(10)17(20-9-21-18)24(2)23-16/h7,9,11,14-15,19,26,28-29H,3-6,8H2,1-2H3,(H,22,23,27)/t11-,14-,15-,19?/m1/s1. The Hall–Kier alpha value is -2.60. The van der Waals surface area contributed by atoms with Gasteiger partial charge in [0, 0.05) is 19.7 Å². The first-order valence-electron chi connectivity index (χ1n) is 10.1. The van der Waals surface area contributed by atoms with Gasteiger partial charge in [-0.05, 0) is 6.42 Å². The average molecular weight is 418 g/mol. The lowest BCUT2D eigenvalue weighted by atomic mass is 10.1. The molecule has 11 nitrogen and oxygen atoms in total. The lowest BCUT2D eigenvalue weighted by molar-refractivity contribution is -0.119. The topological polar surface area (TPSA) is 145 Å². The number of rotatable bonds is 6. The van der Waals surface area contributed by atoms with Gasteiger partial charge in [-0.3, -0.25) is 4.79 Å². The maximum Gasteiger partial charge on any atom is 0.225 e. The first-order valence-corrected chi connectivity index (χ1v) is 10.1. The van der Waals surface area contributed by atoms with E-state index in [2.05, 4.69) is 27.3 Å². The lowest BCUT2D eigenvalue weighted by Crippen LogP contribution is -2.35. The van der Waals surface area contributed by atoms with E-state index < -0.39 is 31.1 Å². The van der Waals surface area contributed by atoms with Crippen LogP contribution in [-0.2, 0) is 9.53 Å². The van der Waals surface area contributed by atoms with Crippen molar-refractivity contribution in [3.8, 4) is 0 Å². The molecule has 4 heterocycles. The maximum atomic E-state index is 12.4. The van der Waals surface area contributed by atoms with Crippen LogP contribution in [0.2, 0.25) is 0 Å². The highest BCUT2D eigenvalue weighted by atomic mass is 16.6. The first kappa shape index (κ1) is 20.7. The maximum absolute atomic E-state index is 12.4. The minimum absolute atomic E-state index is 0.135. The minimum atomic E-state index is -1.26. The fraction of sp³-hybridized carbons (Fsp3) is 0.579. The summed E-state index contributed by atoms with van der Waals surface area (Å²) < 4.78 is 7.25. The predicted octanol–water partition coefficient (Wildman–Crippen LogP) is -0.149. The molecule has 1 saturated heterocycles. The van der Waals surface area contributed by atoms with E-state index in [0.29, 0.717) is 34.7 Å². The van der Waals surface area contributed by atoms with Gasteiger partial charge >= 0.3 is 0 Å². The Labute approximate surface area is 173 Å². The van der Waals surface area contributed by atoms with Gasteiger partial charge in [0.25, 0.3) is 0 Å². The van der Waals surface area contributed by atoms with Crippen LogP contribution in [0.4, 0.5) is 5.82 Å². The molecule has 0 bridgehead atoms. The number of aliphatic hydroxyl groups is 3. The summed E-state index contributed by atoms with van der Waals surface area (Å²) >= 11 is 0. The van der Waals surface area contributed by atoms with Crippen LogP contribution in [-0.4, -0.2) is 73.6 Å². The van der Waals surface area contributed by atoms with Crippen molar-refractivity contribution >= 4 is 28.6 Å². The van der Waals surface area contributed by atoms with E-state index in [1.54, 1.807) is 22.8 Å². The van der Waals surface area contributed by atoms with Crippen LogP contribution >= 0.6 is 0 Å². The molecule has 0 spiro atoms. The third-order valence-corrected chi connectivity index (χ3v) is 5.46. The molecule has 4 rings (SSSR count). The van der Waals surface area contributed by atoms with Crippen molar-refractivity contribution < 1.29 is 24.9 Å². The van der Waals surface area contributed by atoms with E-state index in [1.807, 2.05) is 0 Å². The van der Waals surface area contributed by atoms with Crippen molar-refractivity contribution in [2.24, 2.45) is 5.10 Å². The molecule has 11 heteroatoms. The van der Waals surface area contributed by atoms with Gasteiger partial charge in [-0.25, -0.2) is 15.0 Å². The number of ether oxygens (including phenoxy) is 1. The van der Waals surface area contributed by atoms with Crippen molar-refractivity contribution in [2.75, 3.05) is 18.7 Å². The highest BCUT2D eigenvalue weighted by Gasteiger charge is 2.44. The molecule has 30 heavy (non-hydrogen) atoms. The van der Waals surface area contributed by atoms with Gasteiger partial charge in [-0.2, -0.15) is 5.10 Å². The number of aromatic nitrogens is 3. The Morgan fingerprint density at radius 3 is 2.77 bits per heavy atom. The number of carbonyl (C=O) groups is 1. The van der Waals surface area contributed by atoms with E-state index in [1.165, 1.54) is 6.33 Å². The minimum Gasteiger partial charge on any atom is -0.394 e. The Morgan fingerprint density at radius 1 is 1.27 bits per heavy atom. The molecule has 1 amide bonds. The number of hydrogen-bond donors (Lipinski definition) is 4. The van der Waals surface area contributed by atoms with Crippen LogP contribution in [0.15, 0.2) is 17.6 Å². The number of amidine groups is 1. The highest BCUT2D eigenvalue weighted by Crippen LogP contribution is 2.37. The summed E-state index contributed by atoms with van der Waals surface area (Å²) in [6, 6.07) is 0. The molecule has 2 aliphatic rings. The van der Waals surface area contributed by atoms with Crippen LogP contribution < -0.4 is 10.3 Å². The van der Waals surface area contributed by atoms with Crippen molar-refractivity contribution in [2.45, 2.75) is 57.1 Å². The van der Waals surface area contributed by atoms with Gasteiger partial charge in [0.05, 0.1) is 17.6 Å². The number of nitrogens with zero attached hydrogens (tertiary/aromatic N) is 5. The number of aliphatic hydroxyl groups excluding tert-OH is 3. The first-order chi connectivity index (χ1) is 14.5. The van der Waals surface area contributed by atoms with Gasteiger partial charge in [0.2, 0.25) is 5.91 Å². The summed E-state index contributed by atoms with van der Waals surface area (Å²) in [7, 11) is 1.72. The normalized spacial score (nSPS) is 25.6. The van der Waals surface area contributed by atoms with Crippen LogP contribution in [0.3, 0.4) is 0 Å². The molecule has 162 valence electrons. The quantitative estimate of drug-likeness (QED) is 0.474. The smallest absolute Gasteiger partial charge is 0.225 e. The Balaban J connectivity index is 1.71. The van der Waals surface area contributed by atoms with Gasteiger partial charge in [0.1, 0.15) is 30.3 Å². The third kappa shape index (κ3) is 3.43. The molecule has 2 aromatic rings. The van der Waals surface area contributed by atoms with E-state index in [0.717, 1.165) is 19.3 Å². The molecule has 4 N–H and O–H groups in total. The van der Waals surface area contributed by atoms with Gasteiger partial charge in [-0.1, -0.05) is 19.8 Å². The molecule has 1 fully saturated rings. The number of nitrogens with one attached hydrogen (secondary N) is 1. The number of unbranched alkanes of at least 4 members (excludes halogenated alkanes) is 2. The fourth-order valence-electron chi connectivity index (χ4n) is 3.87. The number of hydrazone groups is 1. The second-order valence-corrected chi connectivity index (χ2v) is 7.55. The Morgan fingerprint density at radius 2 is 2.07 bits per heavy atom. The number of anilines is 1. The number of carbonyl (C=O) groups excluding carboxylic acids is 1. The molecule has 0 aliphatic carbocycles. The second kappa shape index (κ2) is 8.26. The molecule has 1 unspecified atom stereocenters. The van der Waals surface area contributed by atoms with E-state index in [-0.39, 0.29) is 5.91 Å². The lowest BCUT2D eigenvalue weighted by Gasteiger charge is -2.21. The van der Waals surface area contributed by atoms with Crippen molar-refractivity contribution in [3.05, 3.63) is 18.1 Å². The zero-order valence-corrected chi connectivity index (χ0v) is 16.9. The molecule has 0 radical (unpaired) electrons. The summed E-state index contributed by atoms with van der Waals surface area (Å²) in [4.78, 5) is 21.0. The summed E-state index contributed by atoms with van der Waals surface area (Å²) in [5, 5.41) is 39.5. The fourth-order valence-corrected chi connectivity index (χ4v) is 3.87. The monoisotopic (exact) mass is 418 g/mol. The summed E-state index contributed by atoms with van der Waals surface area (Å²) in [5.74, 6) is 0.769. The number of amides is 1. The van der Waals surface area contributed by atoms with E-state index >= 15 is 0 Å². The summed E-state index contributed by atoms with van der Waals surface area (Å²) in [6.07, 6.45) is 1.87. The van der Waals surface area contributed by atoms with Crippen molar-refractivity contribution in [3.63, 3.8) is 0 Å². The highest BCUT2D eigenvalue weighted by molar-refractivity contribution is 6.18. The summed E-state index contributed by atoms with van der Waals surface area (Å²) in [6.45, 7) is 1.65. The zero-order valence-electron chi connectivity index (χ0n) is 16.9. The Kier molecular flexibility index (Phi) is 5.69. The van der Waals surface area contributed by atoms with Crippen LogP contribution in [0, 0.1) is 0 Å². The van der Waals surface area contributed by atoms with E-state index in [4.69, 9.17) is 4.74 Å². The molecule has 4 atom stereocenters. The van der Waals surface area contributed by atoms with Gasteiger partial charge in [-0.15, -0.1) is 0 Å². The second-order valence-electron chi connectivity index (χ2n) is 7.55. The summed E-state index contributed by atoms with van der Waals surface area (Å²) in [5.41, 5.74) is 1.06. The van der Waals surface area contributed by atoms with Crippen LogP contribution in [0.1, 0.15) is 44.4 Å². The van der Waals surface area contributed by atoms with Crippen LogP contribution in [0.5, 0.6) is 0 Å². The average Bonchev–Trinajstić information content (AvgIpc) is 3.25. The molecule has 2 aliphatic heterocycles. The molecule has 2 aromatic heterocycles. The van der Waals surface area contributed by atoms with Gasteiger partial charge in [0.15, 0.2) is 17.9 Å². The molecule has 0 aromatic carbocycles. The van der Waals surface area contributed by atoms with E-state index in [9.17, 15) is 20.1 Å². The predicted molar refractivity (Wildman–Crippen MR) is 108 cm³/mol. The third-order valence-electron chi connectivity index (χ3n) is 5.46. The van der Waals surface area contributed by atoms with Crippen LogP contribution in [0.25, 0.3) is 11.0 Å². The largest absolute Gasteiger partial charge is 0.394 e. The van der Waals surface area contributed by atoms with Gasteiger partial charge < -0.3 is 29.9 Å². The zero-order chi connectivity index (χ0) is 21.4. The van der Waals surface area contributed by atoms with Crippen molar-refractivity contribution in [1.82, 2.24) is 19.9 Å².